The summed E-state index contributed by atoms with van der Waals surface area (Å²) in [6.07, 6.45) is 1.58. The predicted molar refractivity (Wildman–Crippen MR) is 126 cm³/mol. The minimum atomic E-state index is -4.14. The first-order valence-corrected chi connectivity index (χ1v) is 12.4. The molecule has 5 atom stereocenters. The number of nitrogens with one attached hydrogen (secondary N) is 2. The van der Waals surface area contributed by atoms with Gasteiger partial charge in [0.15, 0.2) is 0 Å². The summed E-state index contributed by atoms with van der Waals surface area (Å²) < 4.78 is 36.1. The van der Waals surface area contributed by atoms with E-state index in [2.05, 4.69) is 14.8 Å². The Hall–Kier alpha value is -3.02. The van der Waals surface area contributed by atoms with Crippen molar-refractivity contribution in [2.75, 3.05) is 13.7 Å². The van der Waals surface area contributed by atoms with Crippen LogP contribution >= 0.6 is 7.75 Å². The Morgan fingerprint density at radius 2 is 2.09 bits per heavy atom. The largest absolute Gasteiger partial charge is 0.468 e. The fourth-order valence-corrected chi connectivity index (χ4v) is 4.90. The van der Waals surface area contributed by atoms with E-state index >= 15 is 0 Å². The maximum Gasteiger partial charge on any atom is 0.459 e. The summed E-state index contributed by atoms with van der Waals surface area (Å²) in [6, 6.07) is 7.17. The van der Waals surface area contributed by atoms with Crippen molar-refractivity contribution in [2.24, 2.45) is 0 Å². The van der Waals surface area contributed by atoms with Crippen molar-refractivity contribution in [2.45, 2.75) is 44.7 Å². The van der Waals surface area contributed by atoms with Gasteiger partial charge < -0.3 is 19.1 Å². The SMILES string of the molecule is C/C=C/c1cn(C2CC(O)[C@@H](COP(=O)(NC(C)C(=O)OC)Oc3ccccc3)O2)c(=O)[nH]c1=O. The quantitative estimate of drug-likeness (QED) is 0.317. The molecule has 1 aromatic carbocycles. The first kappa shape index (κ1) is 26.6. The lowest BCUT2D eigenvalue weighted by Gasteiger charge is -2.24. The Bertz CT molecular complexity index is 1210. The first-order chi connectivity index (χ1) is 16.7. The maximum atomic E-state index is 13.4. The molecule has 1 aliphatic heterocycles. The lowest BCUT2D eigenvalue weighted by Crippen LogP contribution is -2.36. The predicted octanol–water partition coefficient (Wildman–Crippen LogP) is 1.57. The van der Waals surface area contributed by atoms with Gasteiger partial charge in [-0.2, -0.15) is 5.09 Å². The number of aromatic amines is 1. The monoisotopic (exact) mass is 509 g/mol. The number of aliphatic hydroxyl groups excluding tert-OH is 1. The molecule has 0 saturated carbocycles. The standard InChI is InChI=1S/C22H28N3O9P/c1-4-8-15-12-25(22(29)23-20(15)27)19-11-17(26)18(33-19)13-32-35(30,24-14(2)21(28)31-3)34-16-9-6-5-7-10-16/h4-10,12,14,17-19,26H,11,13H2,1-3H3,(H,24,30)(H,23,27,29)/b8-4+/t14?,17?,18-,19?,35?/m1/s1. The Morgan fingerprint density at radius 3 is 2.74 bits per heavy atom. The second-order valence-electron chi connectivity index (χ2n) is 7.75. The molecule has 0 spiro atoms. The van der Waals surface area contributed by atoms with Crippen molar-refractivity contribution < 1.29 is 33.0 Å². The van der Waals surface area contributed by atoms with Gasteiger partial charge in [-0.15, -0.1) is 0 Å². The number of methoxy groups -OCH3 is 1. The van der Waals surface area contributed by atoms with Crippen molar-refractivity contribution in [1.82, 2.24) is 14.6 Å². The van der Waals surface area contributed by atoms with Gasteiger partial charge in [0.25, 0.3) is 5.56 Å². The fourth-order valence-electron chi connectivity index (χ4n) is 3.40. The summed E-state index contributed by atoms with van der Waals surface area (Å²) in [6.45, 7) is 2.77. The molecule has 13 heteroatoms. The summed E-state index contributed by atoms with van der Waals surface area (Å²) in [5.74, 6) is -0.459. The third kappa shape index (κ3) is 6.77. The fraction of sp³-hybridized carbons (Fsp3) is 0.409. The van der Waals surface area contributed by atoms with Crippen molar-refractivity contribution in [1.29, 1.82) is 0 Å². The molecule has 0 radical (unpaired) electrons. The van der Waals surface area contributed by atoms with E-state index in [4.69, 9.17) is 13.8 Å². The summed E-state index contributed by atoms with van der Waals surface area (Å²) in [4.78, 5) is 38.3. The maximum absolute atomic E-state index is 13.4. The van der Waals surface area contributed by atoms with Crippen LogP contribution in [0.2, 0.25) is 0 Å². The van der Waals surface area contributed by atoms with Crippen LogP contribution in [0.4, 0.5) is 0 Å². The van der Waals surface area contributed by atoms with Gasteiger partial charge >= 0.3 is 19.4 Å². The molecule has 0 amide bonds. The second kappa shape index (κ2) is 11.6. The Kier molecular flexibility index (Phi) is 8.82. The summed E-state index contributed by atoms with van der Waals surface area (Å²) in [5.41, 5.74) is -1.01. The lowest BCUT2D eigenvalue weighted by atomic mass is 10.2. The van der Waals surface area contributed by atoms with Gasteiger partial charge in [-0.3, -0.25) is 23.7 Å². The molecule has 1 aromatic heterocycles. The highest BCUT2D eigenvalue weighted by atomic mass is 31.2. The van der Waals surface area contributed by atoms with Crippen molar-refractivity contribution in [3.8, 4) is 5.75 Å². The third-order valence-corrected chi connectivity index (χ3v) is 6.78. The average Bonchev–Trinajstić information content (AvgIpc) is 3.19. The van der Waals surface area contributed by atoms with Crippen LogP contribution in [0.25, 0.3) is 6.08 Å². The highest BCUT2D eigenvalue weighted by Gasteiger charge is 2.39. The summed E-state index contributed by atoms with van der Waals surface area (Å²) in [7, 11) is -2.95. The van der Waals surface area contributed by atoms with Gasteiger partial charge in [0.05, 0.1) is 25.4 Å². The van der Waals surface area contributed by atoms with Gasteiger partial charge in [-0.25, -0.2) is 9.36 Å². The number of carbonyl (C=O) groups is 1. The average molecular weight is 509 g/mol. The van der Waals surface area contributed by atoms with Crippen LogP contribution in [0.3, 0.4) is 0 Å². The number of nitrogens with zero attached hydrogens (tertiary/aromatic N) is 1. The number of rotatable bonds is 10. The van der Waals surface area contributed by atoms with Gasteiger partial charge in [0.2, 0.25) is 0 Å². The first-order valence-electron chi connectivity index (χ1n) is 10.8. The Labute approximate surface area is 201 Å². The van der Waals surface area contributed by atoms with Crippen LogP contribution in [-0.2, 0) is 23.4 Å². The molecule has 3 N–H and O–H groups in total. The van der Waals surface area contributed by atoms with Gasteiger partial charge in [0, 0.05) is 12.6 Å². The second-order valence-corrected chi connectivity index (χ2v) is 9.45. The van der Waals surface area contributed by atoms with Crippen molar-refractivity contribution >= 4 is 19.8 Å². The smallest absolute Gasteiger partial charge is 0.459 e. The highest BCUT2D eigenvalue weighted by Crippen LogP contribution is 2.45. The van der Waals surface area contributed by atoms with Crippen LogP contribution in [0.5, 0.6) is 5.75 Å². The molecule has 2 heterocycles. The molecule has 12 nitrogen and oxygen atoms in total. The number of aliphatic hydroxyl groups is 1. The van der Waals surface area contributed by atoms with Crippen LogP contribution in [0.15, 0.2) is 52.2 Å². The van der Waals surface area contributed by atoms with E-state index < -0.39 is 49.4 Å². The zero-order valence-corrected chi connectivity index (χ0v) is 20.3. The topological polar surface area (TPSA) is 158 Å². The summed E-state index contributed by atoms with van der Waals surface area (Å²) in [5, 5.41) is 13.0. The molecule has 35 heavy (non-hydrogen) atoms. The number of ether oxygens (including phenoxy) is 2. The molecule has 3 rings (SSSR count). The number of benzene rings is 1. The van der Waals surface area contributed by atoms with Crippen LogP contribution < -0.4 is 20.9 Å². The number of hydrogen-bond donors (Lipinski definition) is 3. The lowest BCUT2D eigenvalue weighted by molar-refractivity contribution is -0.142. The number of hydrogen-bond acceptors (Lipinski definition) is 9. The zero-order valence-electron chi connectivity index (χ0n) is 19.5. The highest BCUT2D eigenvalue weighted by molar-refractivity contribution is 7.52. The van der Waals surface area contributed by atoms with E-state index in [0.717, 1.165) is 4.57 Å². The molecule has 190 valence electrons. The van der Waals surface area contributed by atoms with E-state index in [0.29, 0.717) is 0 Å². The van der Waals surface area contributed by atoms with Gasteiger partial charge in [0.1, 0.15) is 24.1 Å². The van der Waals surface area contributed by atoms with E-state index in [1.165, 1.54) is 26.3 Å². The van der Waals surface area contributed by atoms with Crippen LogP contribution in [0, 0.1) is 0 Å². The molecular formula is C22H28N3O9P. The molecule has 1 saturated heterocycles. The third-order valence-electron chi connectivity index (χ3n) is 5.14. The Balaban J connectivity index is 1.75. The number of aromatic nitrogens is 2. The van der Waals surface area contributed by atoms with E-state index in [9.17, 15) is 24.1 Å². The van der Waals surface area contributed by atoms with E-state index in [1.807, 2.05) is 0 Å². The van der Waals surface area contributed by atoms with Gasteiger partial charge in [-0.1, -0.05) is 30.4 Å². The number of carbonyl (C=O) groups excluding carboxylic acids is 1. The minimum absolute atomic E-state index is 0.0189. The van der Waals surface area contributed by atoms with E-state index in [-0.39, 0.29) is 24.3 Å². The van der Waals surface area contributed by atoms with Gasteiger partial charge in [-0.05, 0) is 26.0 Å². The summed E-state index contributed by atoms with van der Waals surface area (Å²) >= 11 is 0. The molecule has 0 bridgehead atoms. The van der Waals surface area contributed by atoms with Crippen LogP contribution in [0.1, 0.15) is 32.1 Å². The zero-order chi connectivity index (χ0) is 25.6. The molecule has 1 fully saturated rings. The van der Waals surface area contributed by atoms with E-state index in [1.54, 1.807) is 43.3 Å². The normalized spacial score (nSPS) is 22.6. The molecule has 2 aromatic rings. The van der Waals surface area contributed by atoms with Crippen molar-refractivity contribution in [3.05, 3.63) is 69.0 Å². The van der Waals surface area contributed by atoms with Crippen molar-refractivity contribution in [3.63, 3.8) is 0 Å². The van der Waals surface area contributed by atoms with Crippen LogP contribution in [-0.4, -0.2) is 52.6 Å². The number of allylic oxidation sites excluding steroid dienone is 1. The number of esters is 1. The Morgan fingerprint density at radius 1 is 1.37 bits per heavy atom. The molecule has 4 unspecified atom stereocenters. The molecular weight excluding hydrogens is 481 g/mol. The molecule has 0 aliphatic carbocycles. The number of H-pyrrole nitrogens is 1. The minimum Gasteiger partial charge on any atom is -0.468 e. The number of para-hydroxylation sites is 1. The molecule has 1 aliphatic rings.